The number of nitrogens with zero attached hydrogens (tertiary/aromatic N) is 3. The van der Waals surface area contributed by atoms with E-state index in [4.69, 9.17) is 11.6 Å². The molecule has 0 aromatic heterocycles. The van der Waals surface area contributed by atoms with E-state index in [-0.39, 0.29) is 46.9 Å². The highest BCUT2D eigenvalue weighted by atomic mass is 79.9. The van der Waals surface area contributed by atoms with E-state index in [0.717, 1.165) is 0 Å². The summed E-state index contributed by atoms with van der Waals surface area (Å²) in [6.07, 6.45) is 3.88. The van der Waals surface area contributed by atoms with E-state index < -0.39 is 28.7 Å². The van der Waals surface area contributed by atoms with Crippen molar-refractivity contribution in [3.8, 4) is 0 Å². The normalized spacial score (nSPS) is 30.3. The first kappa shape index (κ1) is 29.2. The first-order valence-electron chi connectivity index (χ1n) is 12.8. The predicted molar refractivity (Wildman–Crippen MR) is 157 cm³/mol. The van der Waals surface area contributed by atoms with E-state index in [9.17, 15) is 19.5 Å². The molecule has 206 valence electrons. The first-order valence-corrected chi connectivity index (χ1v) is 15.0. The van der Waals surface area contributed by atoms with Crippen molar-refractivity contribution in [2.24, 2.45) is 17.8 Å². The van der Waals surface area contributed by atoms with Gasteiger partial charge in [-0.2, -0.15) is 0 Å². The van der Waals surface area contributed by atoms with Gasteiger partial charge in [-0.25, -0.2) is 0 Å². The molecule has 3 saturated heterocycles. The van der Waals surface area contributed by atoms with Crippen LogP contribution in [0.3, 0.4) is 0 Å². The van der Waals surface area contributed by atoms with Crippen molar-refractivity contribution in [3.05, 3.63) is 54.6 Å². The molecule has 1 aromatic rings. The fourth-order valence-corrected chi connectivity index (χ4v) is 10.1. The number of likely N-dealkylation sites (tertiary alicyclic amines) is 1. The summed E-state index contributed by atoms with van der Waals surface area (Å²) < 4.78 is -0.809. The lowest BCUT2D eigenvalue weighted by Crippen LogP contribution is -2.59. The summed E-state index contributed by atoms with van der Waals surface area (Å²) in [7, 11) is 1.72. The molecule has 7 nitrogen and oxygen atoms in total. The molecule has 1 spiro atoms. The van der Waals surface area contributed by atoms with Gasteiger partial charge in [-0.3, -0.25) is 14.4 Å². The lowest BCUT2D eigenvalue weighted by Gasteiger charge is -2.41. The Morgan fingerprint density at radius 2 is 1.87 bits per heavy atom. The van der Waals surface area contributed by atoms with Gasteiger partial charge < -0.3 is 19.8 Å². The highest BCUT2D eigenvalue weighted by molar-refractivity contribution is 9.09. The molecule has 0 radical (unpaired) electrons. The average Bonchev–Trinajstić information content (AvgIpc) is 3.46. The largest absolute Gasteiger partial charge is 0.394 e. The van der Waals surface area contributed by atoms with Crippen LogP contribution in [0.4, 0.5) is 5.69 Å². The molecule has 3 unspecified atom stereocenters. The Labute approximate surface area is 242 Å². The molecule has 0 aliphatic carbocycles. The van der Waals surface area contributed by atoms with Gasteiger partial charge in [0.1, 0.15) is 6.04 Å². The van der Waals surface area contributed by atoms with E-state index in [2.05, 4.69) is 29.1 Å². The third-order valence-corrected chi connectivity index (χ3v) is 11.5. The van der Waals surface area contributed by atoms with E-state index in [1.54, 1.807) is 69.9 Å². The molecule has 3 aliphatic heterocycles. The second-order valence-corrected chi connectivity index (χ2v) is 13.8. The van der Waals surface area contributed by atoms with Gasteiger partial charge in [0.25, 0.3) is 5.91 Å². The van der Waals surface area contributed by atoms with Gasteiger partial charge in [0.05, 0.1) is 29.2 Å². The van der Waals surface area contributed by atoms with Crippen LogP contribution in [0.2, 0.25) is 5.02 Å². The number of likely N-dealkylation sites (N-methyl/N-ethyl adjacent to an activating group) is 1. The maximum absolute atomic E-state index is 14.6. The number of hydrogen-bond donors (Lipinski definition) is 1. The fourth-order valence-electron chi connectivity index (χ4n) is 6.36. The van der Waals surface area contributed by atoms with Crippen molar-refractivity contribution in [1.82, 2.24) is 9.80 Å². The monoisotopic (exact) mass is 623 g/mol. The molecule has 7 atom stereocenters. The van der Waals surface area contributed by atoms with Gasteiger partial charge in [-0.1, -0.05) is 53.5 Å². The molecule has 3 amide bonds. The molecule has 4 rings (SSSR count). The van der Waals surface area contributed by atoms with E-state index >= 15 is 0 Å². The molecule has 3 fully saturated rings. The summed E-state index contributed by atoms with van der Waals surface area (Å²) in [6.45, 7) is 11.8. The molecule has 38 heavy (non-hydrogen) atoms. The highest BCUT2D eigenvalue weighted by Gasteiger charge is 2.76. The van der Waals surface area contributed by atoms with E-state index in [1.807, 2.05) is 13.8 Å². The Kier molecular flexibility index (Phi) is 8.72. The van der Waals surface area contributed by atoms with Gasteiger partial charge in [-0.05, 0) is 36.6 Å². The molecule has 3 aliphatic rings. The highest BCUT2D eigenvalue weighted by Crippen LogP contribution is 2.68. The minimum atomic E-state index is -0.854. The Bertz CT molecular complexity index is 1120. The van der Waals surface area contributed by atoms with Gasteiger partial charge in [0.15, 0.2) is 0 Å². The van der Waals surface area contributed by atoms with Crippen LogP contribution in [0.5, 0.6) is 0 Å². The van der Waals surface area contributed by atoms with Crippen molar-refractivity contribution >= 4 is 62.7 Å². The molecule has 1 N–H and O–H groups in total. The maximum atomic E-state index is 14.6. The van der Waals surface area contributed by atoms with Crippen molar-refractivity contribution in [2.45, 2.75) is 47.2 Å². The van der Waals surface area contributed by atoms with Crippen LogP contribution >= 0.6 is 39.3 Å². The van der Waals surface area contributed by atoms with Gasteiger partial charge >= 0.3 is 0 Å². The first-order chi connectivity index (χ1) is 18.0. The van der Waals surface area contributed by atoms with E-state index in [1.165, 1.54) is 0 Å². The Hall–Kier alpha value is -1.81. The number of thioether (sulfide) groups is 1. The number of aliphatic hydroxyl groups is 1. The SMILES string of the molecule is C=CCN(C)C(=O)[C@H]1[C@H]2C(=O)N([C@@H](CO)C(C)C)C(C(=O)N(CC=C)c3ccc(Cl)cc3)C23CC(Br)[C@@H]1S3. The van der Waals surface area contributed by atoms with Crippen LogP contribution in [0.1, 0.15) is 20.3 Å². The minimum Gasteiger partial charge on any atom is -0.394 e. The summed E-state index contributed by atoms with van der Waals surface area (Å²) in [5.41, 5.74) is 0.642. The lowest BCUT2D eigenvalue weighted by molar-refractivity contribution is -0.145. The standard InChI is InChI=1S/C28H35BrClN3O4S/c1-6-12-31(5)25(35)21-22-26(36)33(20(15-34)16(3)4)24(28(22)14-19(29)23(21)38-28)27(37)32(13-7-2)18-10-8-17(30)9-11-18/h6-11,16,19-24,34H,1-2,12-15H2,3-5H3/t19?,20-,21-,22-,23-,24?,28?/m0/s1. The van der Waals surface area contributed by atoms with Crippen LogP contribution in [-0.4, -0.2) is 86.3 Å². The third kappa shape index (κ3) is 4.63. The number of carbonyl (C=O) groups is 3. The molecule has 0 saturated carbocycles. The number of amides is 3. The smallest absolute Gasteiger partial charge is 0.251 e. The number of hydrogen-bond acceptors (Lipinski definition) is 5. The number of alkyl halides is 1. The van der Waals surface area contributed by atoms with Crippen LogP contribution in [-0.2, 0) is 14.4 Å². The van der Waals surface area contributed by atoms with Crippen molar-refractivity contribution in [1.29, 1.82) is 0 Å². The van der Waals surface area contributed by atoms with Gasteiger partial charge in [0, 0.05) is 40.9 Å². The van der Waals surface area contributed by atoms with Crippen molar-refractivity contribution in [2.75, 3.05) is 31.6 Å². The number of carbonyl (C=O) groups excluding carboxylic acids is 3. The summed E-state index contributed by atoms with van der Waals surface area (Å²) in [6, 6.07) is 5.57. The number of benzene rings is 1. The molecule has 1 aromatic carbocycles. The molecular weight excluding hydrogens is 590 g/mol. The van der Waals surface area contributed by atoms with Gasteiger partial charge in [0.2, 0.25) is 11.8 Å². The zero-order chi connectivity index (χ0) is 27.9. The lowest BCUT2D eigenvalue weighted by atomic mass is 9.70. The number of anilines is 1. The average molecular weight is 625 g/mol. The summed E-state index contributed by atoms with van der Waals surface area (Å²) >= 11 is 11.5. The maximum Gasteiger partial charge on any atom is 0.251 e. The Balaban J connectivity index is 1.85. The van der Waals surface area contributed by atoms with Crippen molar-refractivity contribution in [3.63, 3.8) is 0 Å². The molecule has 3 heterocycles. The summed E-state index contributed by atoms with van der Waals surface area (Å²) in [4.78, 5) is 47.4. The number of rotatable bonds is 10. The predicted octanol–water partition coefficient (Wildman–Crippen LogP) is 3.98. The minimum absolute atomic E-state index is 0.0344. The van der Waals surface area contributed by atoms with Crippen LogP contribution in [0.15, 0.2) is 49.6 Å². The second kappa shape index (κ2) is 11.4. The summed E-state index contributed by atoms with van der Waals surface area (Å²) in [5.74, 6) is -1.94. The zero-order valence-corrected chi connectivity index (χ0v) is 25.1. The zero-order valence-electron chi connectivity index (χ0n) is 21.9. The fraction of sp³-hybridized carbons (Fsp3) is 0.536. The topological polar surface area (TPSA) is 81.2 Å². The number of halogens is 2. The number of fused-ring (bicyclic) bond motifs is 1. The third-order valence-electron chi connectivity index (χ3n) is 8.06. The number of aliphatic hydroxyl groups excluding tert-OH is 1. The molecule has 10 heteroatoms. The molecular formula is C28H35BrClN3O4S. The van der Waals surface area contributed by atoms with Crippen molar-refractivity contribution < 1.29 is 19.5 Å². The van der Waals surface area contributed by atoms with Crippen LogP contribution in [0.25, 0.3) is 0 Å². The Morgan fingerprint density at radius 1 is 1.24 bits per heavy atom. The quantitative estimate of drug-likeness (QED) is 0.315. The van der Waals surface area contributed by atoms with E-state index in [0.29, 0.717) is 23.7 Å². The van der Waals surface area contributed by atoms with Gasteiger partial charge in [-0.15, -0.1) is 24.9 Å². The van der Waals surface area contributed by atoms with Crippen LogP contribution < -0.4 is 4.90 Å². The summed E-state index contributed by atoms with van der Waals surface area (Å²) in [5, 5.41) is 10.8. The van der Waals surface area contributed by atoms with Crippen LogP contribution in [0, 0.1) is 17.8 Å². The second-order valence-electron chi connectivity index (χ2n) is 10.6. The molecule has 2 bridgehead atoms. The Morgan fingerprint density at radius 3 is 2.42 bits per heavy atom.